The van der Waals surface area contributed by atoms with Crippen molar-refractivity contribution in [1.29, 1.82) is 0 Å². The molecule has 2 fully saturated rings. The van der Waals surface area contributed by atoms with Crippen LogP contribution in [0.5, 0.6) is 0 Å². The van der Waals surface area contributed by atoms with E-state index >= 15 is 0 Å². The topological polar surface area (TPSA) is 89.9 Å². The Morgan fingerprint density at radius 2 is 1.97 bits per heavy atom. The van der Waals surface area contributed by atoms with Gasteiger partial charge >= 0.3 is 0 Å². The highest BCUT2D eigenvalue weighted by molar-refractivity contribution is 6.30. The van der Waals surface area contributed by atoms with E-state index in [2.05, 4.69) is 20.5 Å². The molecular weight excluding hydrogens is 428 g/mol. The quantitative estimate of drug-likeness (QED) is 0.446. The molecule has 32 heavy (non-hydrogen) atoms. The van der Waals surface area contributed by atoms with Crippen molar-refractivity contribution in [2.45, 2.75) is 44.1 Å². The highest BCUT2D eigenvalue weighted by Crippen LogP contribution is 2.34. The number of hydrogen-bond donors (Lipinski definition) is 0. The van der Waals surface area contributed by atoms with E-state index in [1.165, 1.54) is 12.8 Å². The lowest BCUT2D eigenvalue weighted by Crippen LogP contribution is -2.24. The fourth-order valence-electron chi connectivity index (χ4n) is 4.78. The SMILES string of the molecule is O=C1CC(c2nc(-c3ccc4c(c3)nnn4C3CCCC3)no2)CN1c1cccc(Cl)c1. The van der Waals surface area contributed by atoms with E-state index in [4.69, 9.17) is 16.1 Å². The molecule has 2 aromatic heterocycles. The molecule has 0 spiro atoms. The molecule has 9 heteroatoms. The van der Waals surface area contributed by atoms with Crippen LogP contribution < -0.4 is 4.90 Å². The number of fused-ring (bicyclic) bond motifs is 1. The first-order valence-corrected chi connectivity index (χ1v) is 11.3. The maximum Gasteiger partial charge on any atom is 0.232 e. The first kappa shape index (κ1) is 19.4. The van der Waals surface area contributed by atoms with Crippen LogP contribution >= 0.6 is 11.6 Å². The molecule has 1 atom stereocenters. The predicted octanol–water partition coefficient (Wildman–Crippen LogP) is 4.77. The fourth-order valence-corrected chi connectivity index (χ4v) is 4.97. The molecule has 162 valence electrons. The second-order valence-corrected chi connectivity index (χ2v) is 8.95. The molecule has 1 amide bonds. The van der Waals surface area contributed by atoms with E-state index in [0.29, 0.717) is 35.7 Å². The van der Waals surface area contributed by atoms with E-state index in [1.54, 1.807) is 17.0 Å². The number of halogens is 1. The van der Waals surface area contributed by atoms with Crippen molar-refractivity contribution in [3.05, 3.63) is 53.4 Å². The van der Waals surface area contributed by atoms with E-state index in [9.17, 15) is 4.79 Å². The number of aromatic nitrogens is 5. The molecule has 8 nitrogen and oxygen atoms in total. The van der Waals surface area contributed by atoms with Gasteiger partial charge in [0.25, 0.3) is 0 Å². The highest BCUT2D eigenvalue weighted by atomic mass is 35.5. The maximum absolute atomic E-state index is 12.6. The first-order valence-electron chi connectivity index (χ1n) is 10.9. The van der Waals surface area contributed by atoms with E-state index in [-0.39, 0.29) is 11.8 Å². The third-order valence-corrected chi connectivity index (χ3v) is 6.67. The standard InChI is InChI=1S/C23H21ClN6O2/c24-16-4-3-7-18(12-16)29-13-15(11-21(29)31)23-25-22(27-32-23)14-8-9-20-19(10-14)26-28-30(20)17-5-1-2-6-17/h3-4,7-10,12,15,17H,1-2,5-6,11,13H2. The minimum absolute atomic E-state index is 0.0157. The normalized spacial score (nSPS) is 19.5. The van der Waals surface area contributed by atoms with Crippen LogP contribution in [0.15, 0.2) is 47.0 Å². The Morgan fingerprint density at radius 3 is 2.81 bits per heavy atom. The van der Waals surface area contributed by atoms with E-state index in [1.807, 2.05) is 35.0 Å². The van der Waals surface area contributed by atoms with Gasteiger partial charge in [-0.25, -0.2) is 4.68 Å². The molecule has 4 aromatic rings. The van der Waals surface area contributed by atoms with Gasteiger partial charge in [-0.2, -0.15) is 4.98 Å². The molecule has 1 unspecified atom stereocenters. The van der Waals surface area contributed by atoms with Gasteiger partial charge in [0.2, 0.25) is 17.6 Å². The maximum atomic E-state index is 12.6. The Labute approximate surface area is 189 Å². The number of rotatable bonds is 4. The number of carbonyl (C=O) groups excluding carboxylic acids is 1. The van der Waals surface area contributed by atoms with Gasteiger partial charge in [-0.15, -0.1) is 5.10 Å². The molecule has 3 heterocycles. The van der Waals surface area contributed by atoms with Crippen LogP contribution in [0.25, 0.3) is 22.4 Å². The summed E-state index contributed by atoms with van der Waals surface area (Å²) in [6, 6.07) is 13.7. The van der Waals surface area contributed by atoms with Crippen molar-refractivity contribution in [2.75, 3.05) is 11.4 Å². The van der Waals surface area contributed by atoms with Gasteiger partial charge in [-0.1, -0.05) is 40.9 Å². The largest absolute Gasteiger partial charge is 0.339 e. The van der Waals surface area contributed by atoms with Gasteiger partial charge in [0.1, 0.15) is 5.52 Å². The zero-order chi connectivity index (χ0) is 21.7. The highest BCUT2D eigenvalue weighted by Gasteiger charge is 2.35. The van der Waals surface area contributed by atoms with Gasteiger partial charge in [-0.3, -0.25) is 4.79 Å². The summed E-state index contributed by atoms with van der Waals surface area (Å²) in [4.78, 5) is 18.9. The minimum atomic E-state index is -0.158. The molecule has 2 aromatic carbocycles. The number of anilines is 1. The number of hydrogen-bond acceptors (Lipinski definition) is 6. The van der Waals surface area contributed by atoms with Crippen molar-refractivity contribution >= 4 is 34.2 Å². The lowest BCUT2D eigenvalue weighted by atomic mass is 10.1. The fraction of sp³-hybridized carbons (Fsp3) is 0.348. The molecular formula is C23H21ClN6O2. The summed E-state index contributed by atoms with van der Waals surface area (Å²) in [5, 5.41) is 13.5. The van der Waals surface area contributed by atoms with Crippen molar-refractivity contribution in [3.63, 3.8) is 0 Å². The average molecular weight is 449 g/mol. The van der Waals surface area contributed by atoms with Crippen molar-refractivity contribution < 1.29 is 9.32 Å². The molecule has 1 saturated heterocycles. The van der Waals surface area contributed by atoms with Crippen LogP contribution in [0.1, 0.15) is 50.0 Å². The smallest absolute Gasteiger partial charge is 0.232 e. The Kier molecular flexibility index (Phi) is 4.68. The molecule has 6 rings (SSSR count). The number of benzene rings is 2. The molecule has 1 saturated carbocycles. The van der Waals surface area contributed by atoms with Crippen LogP contribution in [-0.2, 0) is 4.79 Å². The predicted molar refractivity (Wildman–Crippen MR) is 119 cm³/mol. The molecule has 0 radical (unpaired) electrons. The van der Waals surface area contributed by atoms with Crippen LogP contribution in [-0.4, -0.2) is 37.6 Å². The van der Waals surface area contributed by atoms with Gasteiger partial charge in [0.05, 0.1) is 17.5 Å². The molecule has 1 aliphatic carbocycles. The van der Waals surface area contributed by atoms with E-state index in [0.717, 1.165) is 35.1 Å². The second-order valence-electron chi connectivity index (χ2n) is 8.52. The van der Waals surface area contributed by atoms with Crippen LogP contribution in [0.4, 0.5) is 5.69 Å². The molecule has 1 aliphatic heterocycles. The van der Waals surface area contributed by atoms with Crippen molar-refractivity contribution in [3.8, 4) is 11.4 Å². The van der Waals surface area contributed by atoms with Gasteiger partial charge < -0.3 is 9.42 Å². The summed E-state index contributed by atoms with van der Waals surface area (Å²) in [6.45, 7) is 0.482. The van der Waals surface area contributed by atoms with Gasteiger partial charge in [-0.05, 0) is 49.2 Å². The minimum Gasteiger partial charge on any atom is -0.339 e. The third kappa shape index (κ3) is 3.35. The lowest BCUT2D eigenvalue weighted by Gasteiger charge is -2.16. The molecule has 0 N–H and O–H groups in total. The van der Waals surface area contributed by atoms with Crippen LogP contribution in [0, 0.1) is 0 Å². The van der Waals surface area contributed by atoms with Gasteiger partial charge in [0.15, 0.2) is 0 Å². The van der Waals surface area contributed by atoms with Crippen molar-refractivity contribution in [2.24, 2.45) is 0 Å². The lowest BCUT2D eigenvalue weighted by molar-refractivity contribution is -0.117. The molecule has 2 aliphatic rings. The summed E-state index contributed by atoms with van der Waals surface area (Å²) < 4.78 is 7.59. The Balaban J connectivity index is 1.24. The van der Waals surface area contributed by atoms with Crippen LogP contribution in [0.2, 0.25) is 5.02 Å². The van der Waals surface area contributed by atoms with Crippen molar-refractivity contribution in [1.82, 2.24) is 25.1 Å². The summed E-state index contributed by atoms with van der Waals surface area (Å²) in [7, 11) is 0. The first-order chi connectivity index (χ1) is 15.7. The number of carbonyl (C=O) groups is 1. The Hall–Kier alpha value is -3.26. The summed E-state index contributed by atoms with van der Waals surface area (Å²) in [5.74, 6) is 0.815. The van der Waals surface area contributed by atoms with Gasteiger partial charge in [0, 0.05) is 29.2 Å². The Bertz CT molecular complexity index is 1310. The summed E-state index contributed by atoms with van der Waals surface area (Å²) >= 11 is 6.09. The Morgan fingerprint density at radius 1 is 1.09 bits per heavy atom. The van der Waals surface area contributed by atoms with E-state index < -0.39 is 0 Å². The molecule has 0 bridgehead atoms. The monoisotopic (exact) mass is 448 g/mol. The third-order valence-electron chi connectivity index (χ3n) is 6.44. The summed E-state index contributed by atoms with van der Waals surface area (Å²) in [5.41, 5.74) is 3.45. The summed E-state index contributed by atoms with van der Waals surface area (Å²) in [6.07, 6.45) is 5.12. The van der Waals surface area contributed by atoms with Crippen LogP contribution in [0.3, 0.4) is 0 Å². The average Bonchev–Trinajstić information content (AvgIpc) is 3.58. The number of nitrogens with zero attached hydrogens (tertiary/aromatic N) is 6. The zero-order valence-electron chi connectivity index (χ0n) is 17.3. The number of amides is 1. The zero-order valence-corrected chi connectivity index (χ0v) is 18.1. The second kappa shape index (κ2) is 7.70.